The van der Waals surface area contributed by atoms with Gasteiger partial charge in [0.1, 0.15) is 11.2 Å². The largest absolute Gasteiger partial charge is 0.455 e. The van der Waals surface area contributed by atoms with E-state index in [1.807, 2.05) is 45.8 Å². The average molecular weight is 1520 g/mol. The number of nitrogens with zero attached hydrogens (tertiary/aromatic N) is 3. The Hall–Kier alpha value is -12.8. The standard InChI is InChI=1S/C103H62ClN3OS4/c104-87-43-25-42-86-98(87)82-58-70(105(67-30-10-3-11-31-67)73-59-80-75-37-17-21-45-91(75)112-102(80)81(60-73)77-41-24-40-76-74-36-16-20-44-90(74)108-101(76)77)48-51-83(82)103(86)84-52-49-71(106(68-32-12-4-13-33-68)88-54-65(63-26-6-1-7-27-63)56-96-99(88)78-38-18-22-46-92(78)109-96)61-94(84)111-95-62-72(50-53-85(95)103)107(69-34-14-5-15-35-69)89-55-66(64-28-8-2-9-29-64)57-97-100(89)79-39-19-23-47-93(79)110-97/h1-62H. The zero-order valence-corrected chi connectivity index (χ0v) is 64.1. The molecule has 23 rings (SSSR count). The van der Waals surface area contributed by atoms with E-state index in [1.165, 1.54) is 82.8 Å². The molecule has 2 aliphatic rings. The Kier molecular flexibility index (Phi) is 15.1. The van der Waals surface area contributed by atoms with Crippen molar-refractivity contribution in [3.8, 4) is 44.5 Å². The number of benzene rings is 17. The quantitative estimate of drug-likeness (QED) is 0.121. The van der Waals surface area contributed by atoms with Crippen LogP contribution in [0.4, 0.5) is 51.2 Å². The van der Waals surface area contributed by atoms with Gasteiger partial charge in [0.25, 0.3) is 0 Å². The second-order valence-corrected chi connectivity index (χ2v) is 33.7. The zero-order valence-electron chi connectivity index (χ0n) is 60.1. The second kappa shape index (κ2) is 25.9. The van der Waals surface area contributed by atoms with Gasteiger partial charge in [-0.2, -0.15) is 0 Å². The molecule has 5 heterocycles. The first-order chi connectivity index (χ1) is 55.4. The lowest BCUT2D eigenvalue weighted by atomic mass is 9.67. The highest BCUT2D eigenvalue weighted by Gasteiger charge is 2.52. The number of hydrogen-bond acceptors (Lipinski definition) is 8. The van der Waals surface area contributed by atoms with Crippen molar-refractivity contribution < 1.29 is 4.42 Å². The monoisotopic (exact) mass is 1520 g/mol. The summed E-state index contributed by atoms with van der Waals surface area (Å²) < 4.78 is 14.3. The van der Waals surface area contributed by atoms with Crippen molar-refractivity contribution in [1.29, 1.82) is 0 Å². The molecule has 0 N–H and O–H groups in total. The van der Waals surface area contributed by atoms with Crippen molar-refractivity contribution in [1.82, 2.24) is 0 Å². The van der Waals surface area contributed by atoms with E-state index in [0.29, 0.717) is 5.02 Å². The fourth-order valence-electron chi connectivity index (χ4n) is 18.1. The third-order valence-corrected chi connectivity index (χ3v) is 27.8. The number of para-hydroxylation sites is 5. The van der Waals surface area contributed by atoms with Crippen molar-refractivity contribution in [2.24, 2.45) is 0 Å². The first-order valence-corrected chi connectivity index (χ1v) is 41.4. The highest BCUT2D eigenvalue weighted by atomic mass is 35.5. The summed E-state index contributed by atoms with van der Waals surface area (Å²) in [5, 5.41) is 10.2. The first kappa shape index (κ1) is 65.2. The Bertz CT molecular complexity index is 7150. The fourth-order valence-corrected chi connectivity index (χ4v) is 23.2. The van der Waals surface area contributed by atoms with Crippen molar-refractivity contribution in [2.75, 3.05) is 14.7 Å². The predicted molar refractivity (Wildman–Crippen MR) is 479 cm³/mol. The number of hydrogen-bond donors (Lipinski definition) is 0. The van der Waals surface area contributed by atoms with Crippen molar-refractivity contribution >= 4 is 191 Å². The summed E-state index contributed by atoms with van der Waals surface area (Å²) >= 11 is 15.5. The van der Waals surface area contributed by atoms with Gasteiger partial charge in [0.2, 0.25) is 0 Å². The summed E-state index contributed by atoms with van der Waals surface area (Å²) in [6.45, 7) is 0. The number of halogens is 1. The molecule has 0 atom stereocenters. The lowest BCUT2D eigenvalue weighted by molar-refractivity contribution is 0.670. The van der Waals surface area contributed by atoms with Crippen LogP contribution in [-0.2, 0) is 5.41 Å². The van der Waals surface area contributed by atoms with Gasteiger partial charge in [-0.1, -0.05) is 260 Å². The van der Waals surface area contributed by atoms with Crippen molar-refractivity contribution in [3.05, 3.63) is 403 Å². The second-order valence-electron chi connectivity index (χ2n) is 29.0. The van der Waals surface area contributed by atoms with Gasteiger partial charge >= 0.3 is 0 Å². The van der Waals surface area contributed by atoms with Crippen LogP contribution in [0.2, 0.25) is 5.02 Å². The van der Waals surface area contributed by atoms with Gasteiger partial charge in [-0.25, -0.2) is 0 Å². The van der Waals surface area contributed by atoms with Crippen LogP contribution >= 0.6 is 57.4 Å². The highest BCUT2D eigenvalue weighted by molar-refractivity contribution is 7.99. The molecule has 0 fully saturated rings. The van der Waals surface area contributed by atoms with Crippen LogP contribution in [0.5, 0.6) is 0 Å². The maximum Gasteiger partial charge on any atom is 0.143 e. The molecule has 0 saturated heterocycles. The Balaban J connectivity index is 0.778. The molecule has 0 radical (unpaired) electrons. The van der Waals surface area contributed by atoms with Crippen LogP contribution in [-0.4, -0.2) is 0 Å². The third-order valence-electron chi connectivity index (χ3n) is 22.9. The van der Waals surface area contributed by atoms with Crippen LogP contribution in [0.1, 0.15) is 22.3 Å². The van der Waals surface area contributed by atoms with Crippen molar-refractivity contribution in [3.63, 3.8) is 0 Å². The maximum atomic E-state index is 8.03. The molecular formula is C103H62ClN3OS4. The molecule has 21 aromatic rings. The summed E-state index contributed by atoms with van der Waals surface area (Å²) in [6, 6.07) is 139. The van der Waals surface area contributed by atoms with E-state index in [2.05, 4.69) is 391 Å². The Morgan fingerprint density at radius 2 is 0.723 bits per heavy atom. The number of thiophene rings is 3. The van der Waals surface area contributed by atoms with Gasteiger partial charge < -0.3 is 19.1 Å². The number of anilines is 9. The predicted octanol–water partition coefficient (Wildman–Crippen LogP) is 31.6. The Morgan fingerprint density at radius 1 is 0.268 bits per heavy atom. The summed E-state index contributed by atoms with van der Waals surface area (Å²) in [5.74, 6) is 0. The van der Waals surface area contributed by atoms with Crippen molar-refractivity contribution in [2.45, 2.75) is 15.2 Å². The molecule has 1 spiro atoms. The summed E-state index contributed by atoms with van der Waals surface area (Å²) in [7, 11) is 0. The van der Waals surface area contributed by atoms with Gasteiger partial charge in [-0.3, -0.25) is 0 Å². The lowest BCUT2D eigenvalue weighted by Gasteiger charge is -2.41. The zero-order chi connectivity index (χ0) is 73.7. The minimum atomic E-state index is -0.880. The molecule has 0 bridgehead atoms. The molecule has 9 heteroatoms. The molecule has 17 aromatic carbocycles. The highest BCUT2D eigenvalue weighted by Crippen LogP contribution is 2.66. The minimum Gasteiger partial charge on any atom is -0.455 e. The Morgan fingerprint density at radius 3 is 1.29 bits per heavy atom. The van der Waals surface area contributed by atoms with E-state index < -0.39 is 5.41 Å². The molecule has 1 aliphatic carbocycles. The van der Waals surface area contributed by atoms with E-state index in [4.69, 9.17) is 16.0 Å². The minimum absolute atomic E-state index is 0.696. The van der Waals surface area contributed by atoms with Crippen LogP contribution in [0.25, 0.3) is 127 Å². The molecule has 0 amide bonds. The summed E-state index contributed by atoms with van der Waals surface area (Å²) in [5.41, 5.74) is 24.0. The number of furan rings is 1. The number of fused-ring (bicyclic) bond motifs is 21. The molecule has 0 saturated carbocycles. The normalized spacial score (nSPS) is 12.7. The van der Waals surface area contributed by atoms with E-state index in [0.717, 1.165) is 127 Å². The number of rotatable bonds is 12. The third kappa shape index (κ3) is 10.1. The van der Waals surface area contributed by atoms with Crippen LogP contribution < -0.4 is 14.7 Å². The molecule has 0 unspecified atom stereocenters. The smallest absolute Gasteiger partial charge is 0.143 e. The molecule has 1 aliphatic heterocycles. The first-order valence-electron chi connectivity index (χ1n) is 37.8. The van der Waals surface area contributed by atoms with Gasteiger partial charge in [-0.15, -0.1) is 34.0 Å². The van der Waals surface area contributed by atoms with E-state index in [9.17, 15) is 0 Å². The van der Waals surface area contributed by atoms with Crippen LogP contribution in [0.15, 0.2) is 390 Å². The van der Waals surface area contributed by atoms with Crippen LogP contribution in [0.3, 0.4) is 0 Å². The molecule has 526 valence electrons. The molecule has 4 nitrogen and oxygen atoms in total. The molecular weight excluding hydrogens is 1460 g/mol. The van der Waals surface area contributed by atoms with E-state index >= 15 is 0 Å². The van der Waals surface area contributed by atoms with Gasteiger partial charge in [-0.05, 0) is 190 Å². The SMILES string of the molecule is Clc1cccc2c1-c1cc(N(c3ccccc3)c3cc(-c4cccc5c4oc4ccccc45)c4sc5ccccc5c4c3)ccc1C21c2ccc(N(c3ccccc3)c3cc(-c4ccccc4)cc4sc5ccccc5c34)cc2Sc2cc(N(c3ccccc3)c3cc(-c4ccccc4)cc4sc5ccccc5c34)ccc21. The summed E-state index contributed by atoms with van der Waals surface area (Å²) in [6.07, 6.45) is 0. The maximum absolute atomic E-state index is 8.03. The fraction of sp³-hybridized carbons (Fsp3) is 0.00971. The van der Waals surface area contributed by atoms with Gasteiger partial charge in [0.05, 0.1) is 16.8 Å². The Labute approximate surface area is 667 Å². The molecule has 4 aromatic heterocycles. The molecule has 112 heavy (non-hydrogen) atoms. The van der Waals surface area contributed by atoms with E-state index in [-0.39, 0.29) is 0 Å². The van der Waals surface area contributed by atoms with Gasteiger partial charge in [0.15, 0.2) is 0 Å². The van der Waals surface area contributed by atoms with E-state index in [1.54, 1.807) is 0 Å². The lowest BCUT2D eigenvalue weighted by Crippen LogP contribution is -2.32. The van der Waals surface area contributed by atoms with Gasteiger partial charge in [0, 0.05) is 143 Å². The van der Waals surface area contributed by atoms with Crippen LogP contribution in [0, 0.1) is 0 Å². The average Bonchev–Trinajstić information content (AvgIpc) is 1.44. The summed E-state index contributed by atoms with van der Waals surface area (Å²) in [4.78, 5) is 9.77. The topological polar surface area (TPSA) is 22.9 Å².